The molecule has 0 bridgehead atoms. The minimum Gasteiger partial charge on any atom is -0.396 e. The second-order valence-corrected chi connectivity index (χ2v) is 3.28. The lowest BCUT2D eigenvalue weighted by Crippen LogP contribution is -2.21. The summed E-state index contributed by atoms with van der Waals surface area (Å²) in [5.74, 6) is -0.369. The first-order chi connectivity index (χ1) is 6.11. The minimum absolute atomic E-state index is 0.0247. The summed E-state index contributed by atoms with van der Waals surface area (Å²) in [6.07, 6.45) is 0.857. The Hall–Kier alpha value is -0.160. The molecule has 79 valence electrons. The predicted octanol–water partition coefficient (Wildman–Crippen LogP) is 0.0428. The first-order valence-electron chi connectivity index (χ1n) is 4.56. The van der Waals surface area contributed by atoms with Gasteiger partial charge in [-0.25, -0.2) is 0 Å². The standard InChI is InChI=1S/C9H19O4/c1-7(12)5-8(6-11)9(13)3-2-4-10/h7-8,10-13H,2-6H2,1H3. The van der Waals surface area contributed by atoms with Crippen LogP contribution in [0.25, 0.3) is 0 Å². The monoisotopic (exact) mass is 191 g/mol. The molecule has 2 atom stereocenters. The topological polar surface area (TPSA) is 80.9 Å². The van der Waals surface area contributed by atoms with E-state index in [1.165, 1.54) is 0 Å². The Morgan fingerprint density at radius 1 is 1.31 bits per heavy atom. The summed E-state index contributed by atoms with van der Waals surface area (Å²) in [5, 5.41) is 35.9. The van der Waals surface area contributed by atoms with Gasteiger partial charge in [-0.2, -0.15) is 0 Å². The molecule has 13 heavy (non-hydrogen) atoms. The van der Waals surface area contributed by atoms with Gasteiger partial charge in [0.25, 0.3) is 0 Å². The number of hydrogen-bond donors (Lipinski definition) is 4. The fourth-order valence-electron chi connectivity index (χ4n) is 1.19. The van der Waals surface area contributed by atoms with Crippen molar-refractivity contribution in [1.82, 2.24) is 0 Å². The molecule has 0 saturated carbocycles. The summed E-state index contributed by atoms with van der Waals surface area (Å²) in [4.78, 5) is 0. The van der Waals surface area contributed by atoms with Crippen molar-refractivity contribution >= 4 is 0 Å². The molecule has 0 aliphatic carbocycles. The van der Waals surface area contributed by atoms with E-state index in [0.717, 1.165) is 0 Å². The van der Waals surface area contributed by atoms with Crippen molar-refractivity contribution in [3.8, 4) is 0 Å². The van der Waals surface area contributed by atoms with Crippen LogP contribution in [0.4, 0.5) is 0 Å². The minimum atomic E-state index is -0.534. The maximum Gasteiger partial charge on any atom is 0.0988 e. The highest BCUT2D eigenvalue weighted by atomic mass is 16.3. The molecule has 4 heteroatoms. The second kappa shape index (κ2) is 7.26. The molecule has 0 fully saturated rings. The van der Waals surface area contributed by atoms with Crippen LogP contribution in [0, 0.1) is 12.0 Å². The SMILES string of the molecule is CC(O)CC(CO)[C](O)CCCO. The summed E-state index contributed by atoms with van der Waals surface area (Å²) in [6.45, 7) is 1.47. The summed E-state index contributed by atoms with van der Waals surface area (Å²) < 4.78 is 0. The van der Waals surface area contributed by atoms with E-state index in [9.17, 15) is 5.11 Å². The van der Waals surface area contributed by atoms with Crippen LogP contribution in [0.1, 0.15) is 26.2 Å². The Kier molecular flexibility index (Phi) is 7.17. The Balaban J connectivity index is 3.77. The fraction of sp³-hybridized carbons (Fsp3) is 0.889. The van der Waals surface area contributed by atoms with Crippen molar-refractivity contribution in [2.75, 3.05) is 13.2 Å². The maximum atomic E-state index is 9.42. The number of aliphatic hydroxyl groups is 4. The van der Waals surface area contributed by atoms with E-state index < -0.39 is 6.10 Å². The Bertz CT molecular complexity index is 116. The van der Waals surface area contributed by atoms with Crippen LogP contribution in [0.3, 0.4) is 0 Å². The molecule has 2 unspecified atom stereocenters. The molecule has 0 aliphatic heterocycles. The lowest BCUT2D eigenvalue weighted by molar-refractivity contribution is 0.0868. The zero-order valence-corrected chi connectivity index (χ0v) is 7.98. The van der Waals surface area contributed by atoms with Gasteiger partial charge in [-0.1, -0.05) is 0 Å². The van der Waals surface area contributed by atoms with Gasteiger partial charge in [0.1, 0.15) is 0 Å². The van der Waals surface area contributed by atoms with Gasteiger partial charge in [0.15, 0.2) is 0 Å². The van der Waals surface area contributed by atoms with Crippen molar-refractivity contribution in [3.05, 3.63) is 6.10 Å². The molecule has 0 aliphatic rings. The van der Waals surface area contributed by atoms with Crippen LogP contribution in [0.2, 0.25) is 0 Å². The van der Waals surface area contributed by atoms with E-state index in [-0.39, 0.29) is 25.2 Å². The van der Waals surface area contributed by atoms with Gasteiger partial charge >= 0.3 is 0 Å². The molecule has 1 radical (unpaired) electrons. The zero-order valence-electron chi connectivity index (χ0n) is 7.98. The molecule has 0 rings (SSSR count). The van der Waals surface area contributed by atoms with Crippen molar-refractivity contribution in [2.45, 2.75) is 32.3 Å². The molecule has 0 aromatic heterocycles. The van der Waals surface area contributed by atoms with Crippen molar-refractivity contribution in [2.24, 2.45) is 5.92 Å². The van der Waals surface area contributed by atoms with Crippen LogP contribution in [0.15, 0.2) is 0 Å². The summed E-state index contributed by atoms with van der Waals surface area (Å²) in [7, 11) is 0. The molecular weight excluding hydrogens is 172 g/mol. The highest BCUT2D eigenvalue weighted by molar-refractivity contribution is 4.85. The molecule has 4 N–H and O–H groups in total. The number of hydrogen-bond acceptors (Lipinski definition) is 4. The molecule has 0 saturated heterocycles. The molecule has 0 heterocycles. The predicted molar refractivity (Wildman–Crippen MR) is 48.4 cm³/mol. The lowest BCUT2D eigenvalue weighted by Gasteiger charge is -2.20. The average molecular weight is 191 g/mol. The second-order valence-electron chi connectivity index (χ2n) is 3.28. The molecular formula is C9H19O4. The maximum absolute atomic E-state index is 9.42. The van der Waals surface area contributed by atoms with Gasteiger partial charge < -0.3 is 20.4 Å². The Labute approximate surface area is 78.8 Å². The molecule has 4 nitrogen and oxygen atoms in total. The molecule has 0 aromatic rings. The first-order valence-corrected chi connectivity index (χ1v) is 4.56. The zero-order chi connectivity index (χ0) is 10.3. The smallest absolute Gasteiger partial charge is 0.0988 e. The van der Waals surface area contributed by atoms with E-state index in [0.29, 0.717) is 19.3 Å². The van der Waals surface area contributed by atoms with Gasteiger partial charge in [0, 0.05) is 19.1 Å². The van der Waals surface area contributed by atoms with Gasteiger partial charge in [0.05, 0.1) is 12.2 Å². The van der Waals surface area contributed by atoms with Gasteiger partial charge in [-0.05, 0) is 26.2 Å². The molecule has 0 aromatic carbocycles. The first kappa shape index (κ1) is 12.8. The van der Waals surface area contributed by atoms with Gasteiger partial charge in [0.2, 0.25) is 0 Å². The quantitative estimate of drug-likeness (QED) is 0.458. The number of aliphatic hydroxyl groups excluding tert-OH is 4. The third-order valence-corrected chi connectivity index (χ3v) is 1.91. The highest BCUT2D eigenvalue weighted by Gasteiger charge is 2.20. The largest absolute Gasteiger partial charge is 0.396 e. The van der Waals surface area contributed by atoms with E-state index in [4.69, 9.17) is 15.3 Å². The molecule has 0 spiro atoms. The van der Waals surface area contributed by atoms with Gasteiger partial charge in [-0.15, -0.1) is 0 Å². The lowest BCUT2D eigenvalue weighted by atomic mass is 9.94. The number of rotatable bonds is 7. The summed E-state index contributed by atoms with van der Waals surface area (Å²) in [5.41, 5.74) is 0. The van der Waals surface area contributed by atoms with E-state index in [2.05, 4.69) is 0 Å². The van der Waals surface area contributed by atoms with E-state index in [1.54, 1.807) is 6.92 Å². The Morgan fingerprint density at radius 2 is 1.92 bits per heavy atom. The highest BCUT2D eigenvalue weighted by Crippen LogP contribution is 2.21. The molecule has 0 amide bonds. The summed E-state index contributed by atoms with van der Waals surface area (Å²) in [6, 6.07) is 0. The fourth-order valence-corrected chi connectivity index (χ4v) is 1.19. The van der Waals surface area contributed by atoms with Gasteiger partial charge in [-0.3, -0.25) is 0 Å². The van der Waals surface area contributed by atoms with Crippen molar-refractivity contribution in [3.63, 3.8) is 0 Å². The van der Waals surface area contributed by atoms with Crippen LogP contribution in [-0.4, -0.2) is 39.7 Å². The normalized spacial score (nSPS) is 16.2. The van der Waals surface area contributed by atoms with Crippen LogP contribution in [-0.2, 0) is 0 Å². The van der Waals surface area contributed by atoms with E-state index in [1.807, 2.05) is 0 Å². The van der Waals surface area contributed by atoms with Crippen LogP contribution in [0.5, 0.6) is 0 Å². The van der Waals surface area contributed by atoms with Crippen molar-refractivity contribution < 1.29 is 20.4 Å². The average Bonchev–Trinajstić information content (AvgIpc) is 2.09. The van der Waals surface area contributed by atoms with Crippen molar-refractivity contribution in [1.29, 1.82) is 0 Å². The van der Waals surface area contributed by atoms with Crippen LogP contribution < -0.4 is 0 Å². The van der Waals surface area contributed by atoms with E-state index >= 15 is 0 Å². The Morgan fingerprint density at radius 3 is 2.31 bits per heavy atom. The third-order valence-electron chi connectivity index (χ3n) is 1.91. The van der Waals surface area contributed by atoms with Crippen LogP contribution >= 0.6 is 0 Å². The third kappa shape index (κ3) is 5.99. The summed E-state index contributed by atoms with van der Waals surface area (Å²) >= 11 is 0.